The van der Waals surface area contributed by atoms with Crippen molar-refractivity contribution in [3.8, 4) is 11.5 Å². The molecule has 0 aliphatic rings. The minimum atomic E-state index is -0.410. The van der Waals surface area contributed by atoms with Crippen molar-refractivity contribution < 1.29 is 14.4 Å². The summed E-state index contributed by atoms with van der Waals surface area (Å²) in [7, 11) is 0. The van der Waals surface area contributed by atoms with E-state index in [1.54, 1.807) is 12.1 Å². The molecule has 3 aromatic carbocycles. The lowest BCUT2D eigenvalue weighted by atomic mass is 10.1. The van der Waals surface area contributed by atoms with Crippen LogP contribution in [0.2, 0.25) is 5.02 Å². The Kier molecular flexibility index (Phi) is 8.71. The molecule has 0 aliphatic carbocycles. The van der Waals surface area contributed by atoms with E-state index in [1.165, 1.54) is 12.1 Å². The Hall–Kier alpha value is -3.29. The summed E-state index contributed by atoms with van der Waals surface area (Å²) in [6.07, 6.45) is 0. The summed E-state index contributed by atoms with van der Waals surface area (Å²) in [5.41, 5.74) is 2.80. The number of nitro groups is 1. The van der Waals surface area contributed by atoms with Crippen molar-refractivity contribution in [3.63, 3.8) is 0 Å². The number of hydrogen-bond donors (Lipinski definition) is 2. The number of anilines is 1. The molecule has 3 aromatic rings. The van der Waals surface area contributed by atoms with E-state index in [0.717, 1.165) is 16.8 Å². The first kappa shape index (κ1) is 23.4. The molecule has 0 bridgehead atoms. The van der Waals surface area contributed by atoms with Crippen molar-refractivity contribution in [2.24, 2.45) is 0 Å². The maximum atomic E-state index is 10.7. The van der Waals surface area contributed by atoms with Crippen LogP contribution in [0.25, 0.3) is 0 Å². The highest BCUT2D eigenvalue weighted by Crippen LogP contribution is 2.32. The Labute approximate surface area is 192 Å². The van der Waals surface area contributed by atoms with Crippen LogP contribution in [0, 0.1) is 10.1 Å². The molecule has 0 saturated carbocycles. The van der Waals surface area contributed by atoms with E-state index in [4.69, 9.17) is 21.1 Å². The number of non-ortho nitro benzene ring substituents is 1. The molecular formula is C24H26ClN3O4. The molecule has 0 unspecified atom stereocenters. The largest absolute Gasteiger partial charge is 0.490 e. The first-order chi connectivity index (χ1) is 15.6. The second kappa shape index (κ2) is 11.9. The monoisotopic (exact) mass is 455 g/mol. The number of ether oxygens (including phenoxy) is 2. The maximum absolute atomic E-state index is 10.7. The summed E-state index contributed by atoms with van der Waals surface area (Å²) in [5, 5.41) is 18.0. The highest BCUT2D eigenvalue weighted by atomic mass is 35.5. The molecule has 0 amide bonds. The lowest BCUT2D eigenvalue weighted by Gasteiger charge is -2.17. The van der Waals surface area contributed by atoms with Crippen LogP contribution in [-0.2, 0) is 13.2 Å². The molecule has 0 radical (unpaired) electrons. The van der Waals surface area contributed by atoms with Crippen LogP contribution in [0.3, 0.4) is 0 Å². The van der Waals surface area contributed by atoms with Gasteiger partial charge < -0.3 is 20.1 Å². The zero-order valence-electron chi connectivity index (χ0n) is 17.8. The van der Waals surface area contributed by atoms with Gasteiger partial charge in [-0.2, -0.15) is 0 Å². The van der Waals surface area contributed by atoms with Crippen molar-refractivity contribution in [1.82, 2.24) is 5.32 Å². The quantitative estimate of drug-likeness (QED) is 0.215. The van der Waals surface area contributed by atoms with Crippen LogP contribution in [-0.4, -0.2) is 24.6 Å². The predicted octanol–water partition coefficient (Wildman–Crippen LogP) is 5.43. The third-order valence-corrected chi connectivity index (χ3v) is 5.08. The van der Waals surface area contributed by atoms with Gasteiger partial charge in [0.05, 0.1) is 11.5 Å². The van der Waals surface area contributed by atoms with E-state index in [-0.39, 0.29) is 5.69 Å². The van der Waals surface area contributed by atoms with E-state index in [9.17, 15) is 10.1 Å². The van der Waals surface area contributed by atoms with Crippen LogP contribution in [0.5, 0.6) is 11.5 Å². The predicted molar refractivity (Wildman–Crippen MR) is 127 cm³/mol. The molecule has 0 saturated heterocycles. The van der Waals surface area contributed by atoms with Gasteiger partial charge in [-0.3, -0.25) is 10.1 Å². The van der Waals surface area contributed by atoms with E-state index in [0.29, 0.717) is 49.4 Å². The molecule has 3 rings (SSSR count). The van der Waals surface area contributed by atoms with E-state index in [1.807, 2.05) is 49.4 Å². The van der Waals surface area contributed by atoms with Gasteiger partial charge in [-0.15, -0.1) is 0 Å². The van der Waals surface area contributed by atoms with Crippen LogP contribution in [0.4, 0.5) is 11.4 Å². The molecular weight excluding hydrogens is 430 g/mol. The molecule has 0 aliphatic heterocycles. The molecule has 0 fully saturated rings. The topological polar surface area (TPSA) is 85.7 Å². The van der Waals surface area contributed by atoms with Crippen LogP contribution < -0.4 is 20.1 Å². The molecule has 0 spiro atoms. The fourth-order valence-corrected chi connectivity index (χ4v) is 3.31. The van der Waals surface area contributed by atoms with Crippen molar-refractivity contribution >= 4 is 23.0 Å². The summed E-state index contributed by atoms with van der Waals surface area (Å²) in [6.45, 7) is 4.78. The average molecular weight is 456 g/mol. The number of rotatable bonds is 12. The van der Waals surface area contributed by atoms with Crippen LogP contribution in [0.1, 0.15) is 18.1 Å². The van der Waals surface area contributed by atoms with Crippen molar-refractivity contribution in [3.05, 3.63) is 93.0 Å². The number of nitrogens with zero attached hydrogens (tertiary/aromatic N) is 1. The van der Waals surface area contributed by atoms with Gasteiger partial charge >= 0.3 is 0 Å². The SMILES string of the molecule is CCOc1cccc(CNCCNc2ccc([N+](=O)[O-])cc2)c1OCc1ccccc1Cl. The normalized spacial score (nSPS) is 10.6. The Balaban J connectivity index is 1.56. The Morgan fingerprint density at radius 1 is 0.938 bits per heavy atom. The van der Waals surface area contributed by atoms with Crippen molar-refractivity contribution in [2.75, 3.05) is 25.0 Å². The minimum absolute atomic E-state index is 0.0761. The summed E-state index contributed by atoms with van der Waals surface area (Å²) in [5.74, 6) is 1.40. The lowest BCUT2D eigenvalue weighted by Crippen LogP contribution is -2.22. The van der Waals surface area contributed by atoms with Gasteiger partial charge in [0.1, 0.15) is 6.61 Å². The summed E-state index contributed by atoms with van der Waals surface area (Å²) in [6, 6.07) is 19.8. The first-order valence-electron chi connectivity index (χ1n) is 10.4. The zero-order chi connectivity index (χ0) is 22.8. The standard InChI is InChI=1S/C24H26ClN3O4/c1-2-31-23-9-5-7-18(24(23)32-17-19-6-3-4-8-22(19)25)16-26-14-15-27-20-10-12-21(13-11-20)28(29)30/h3-13,26-27H,2,14-17H2,1H3. The van der Waals surface area contributed by atoms with Gasteiger partial charge in [-0.05, 0) is 31.2 Å². The van der Waals surface area contributed by atoms with Crippen molar-refractivity contribution in [1.29, 1.82) is 0 Å². The highest BCUT2D eigenvalue weighted by molar-refractivity contribution is 6.31. The molecule has 8 heteroatoms. The van der Waals surface area contributed by atoms with E-state index >= 15 is 0 Å². The van der Waals surface area contributed by atoms with Gasteiger partial charge in [0.2, 0.25) is 0 Å². The van der Waals surface area contributed by atoms with Gasteiger partial charge in [-0.1, -0.05) is 41.9 Å². The van der Waals surface area contributed by atoms with Gasteiger partial charge in [0.25, 0.3) is 5.69 Å². The molecule has 0 atom stereocenters. The first-order valence-corrected chi connectivity index (χ1v) is 10.8. The zero-order valence-corrected chi connectivity index (χ0v) is 18.6. The van der Waals surface area contributed by atoms with E-state index in [2.05, 4.69) is 10.6 Å². The van der Waals surface area contributed by atoms with E-state index < -0.39 is 4.92 Å². The van der Waals surface area contributed by atoms with Gasteiger partial charge in [0.15, 0.2) is 11.5 Å². The number of benzene rings is 3. The highest BCUT2D eigenvalue weighted by Gasteiger charge is 2.12. The fraction of sp³-hybridized carbons (Fsp3) is 0.250. The van der Waals surface area contributed by atoms with Crippen LogP contribution >= 0.6 is 11.6 Å². The number of hydrogen-bond acceptors (Lipinski definition) is 6. The van der Waals surface area contributed by atoms with Gasteiger partial charge in [-0.25, -0.2) is 0 Å². The lowest BCUT2D eigenvalue weighted by molar-refractivity contribution is -0.384. The minimum Gasteiger partial charge on any atom is -0.490 e. The van der Waals surface area contributed by atoms with Gasteiger partial charge in [0, 0.05) is 53.6 Å². The molecule has 32 heavy (non-hydrogen) atoms. The Morgan fingerprint density at radius 2 is 1.69 bits per heavy atom. The summed E-state index contributed by atoms with van der Waals surface area (Å²) >= 11 is 6.26. The fourth-order valence-electron chi connectivity index (χ4n) is 3.12. The number of nitro benzene ring substituents is 1. The third-order valence-electron chi connectivity index (χ3n) is 4.71. The second-order valence-corrected chi connectivity index (χ2v) is 7.37. The molecule has 7 nitrogen and oxygen atoms in total. The number of para-hydroxylation sites is 1. The van der Waals surface area contributed by atoms with Crippen molar-refractivity contribution in [2.45, 2.75) is 20.1 Å². The Bertz CT molecular complexity index is 1030. The Morgan fingerprint density at radius 3 is 2.41 bits per heavy atom. The molecule has 2 N–H and O–H groups in total. The second-order valence-electron chi connectivity index (χ2n) is 6.97. The summed E-state index contributed by atoms with van der Waals surface area (Å²) < 4.78 is 11.9. The smallest absolute Gasteiger partial charge is 0.269 e. The molecule has 0 heterocycles. The number of nitrogens with one attached hydrogen (secondary N) is 2. The van der Waals surface area contributed by atoms with Crippen LogP contribution in [0.15, 0.2) is 66.7 Å². The molecule has 168 valence electrons. The third kappa shape index (κ3) is 6.60. The average Bonchev–Trinajstić information content (AvgIpc) is 2.80. The maximum Gasteiger partial charge on any atom is 0.269 e. The summed E-state index contributed by atoms with van der Waals surface area (Å²) in [4.78, 5) is 10.3. The number of halogens is 1. The molecule has 0 aromatic heterocycles.